The van der Waals surface area contributed by atoms with Crippen LogP contribution in [-0.2, 0) is 14.3 Å². The van der Waals surface area contributed by atoms with E-state index in [0.29, 0.717) is 26.1 Å². The Bertz CT molecular complexity index is 494. The Kier molecular flexibility index (Phi) is 6.12. The number of ether oxygens (including phenoxy) is 1. The normalized spacial score (nSPS) is 26.8. The van der Waals surface area contributed by atoms with Gasteiger partial charge in [-0.05, 0) is 50.6 Å². The van der Waals surface area contributed by atoms with E-state index in [4.69, 9.17) is 4.74 Å². The van der Waals surface area contributed by atoms with Crippen LogP contribution in [-0.4, -0.2) is 73.6 Å². The fraction of sp³-hybridized carbons (Fsp3) is 0.789. The van der Waals surface area contributed by atoms with Crippen LogP contribution in [0, 0.1) is 5.41 Å². The Balaban J connectivity index is 1.41. The molecule has 1 N–H and O–H groups in total. The molecule has 0 saturated carbocycles. The predicted molar refractivity (Wildman–Crippen MR) is 96.1 cm³/mol. The molecule has 0 aliphatic carbocycles. The first-order valence-corrected chi connectivity index (χ1v) is 9.60. The van der Waals surface area contributed by atoms with Crippen molar-refractivity contribution in [1.82, 2.24) is 15.1 Å². The summed E-state index contributed by atoms with van der Waals surface area (Å²) in [5.74, 6) is 0.347. The molecule has 0 aromatic carbocycles. The SMILES string of the molecule is C=CCN1CC2(CCC1=O)CCN(CC(=O)NC[C@@H]1CCCO1)CC2. The molecule has 0 radical (unpaired) electrons. The molecular formula is C19H31N3O3. The number of hydrogen-bond donors (Lipinski definition) is 1. The van der Waals surface area contributed by atoms with E-state index < -0.39 is 0 Å². The number of likely N-dealkylation sites (tertiary alicyclic amines) is 2. The van der Waals surface area contributed by atoms with E-state index in [9.17, 15) is 9.59 Å². The van der Waals surface area contributed by atoms with Crippen molar-refractivity contribution in [2.75, 3.05) is 45.9 Å². The largest absolute Gasteiger partial charge is 0.376 e. The number of carbonyl (C=O) groups is 2. The number of piperidine rings is 2. The summed E-state index contributed by atoms with van der Waals surface area (Å²) >= 11 is 0. The van der Waals surface area contributed by atoms with Gasteiger partial charge in [-0.25, -0.2) is 0 Å². The van der Waals surface area contributed by atoms with E-state index in [1.807, 2.05) is 11.0 Å². The van der Waals surface area contributed by atoms with Crippen LogP contribution in [0.25, 0.3) is 0 Å². The zero-order valence-electron chi connectivity index (χ0n) is 15.2. The standard InChI is InChI=1S/C19H31N3O3/c1-2-9-22-15-19(6-5-18(22)24)7-10-21(11-8-19)14-17(23)20-13-16-4-3-12-25-16/h2,16H,1,3-15H2,(H,20,23)/t16-/m0/s1. The van der Waals surface area contributed by atoms with Crippen LogP contribution in [0.1, 0.15) is 38.5 Å². The van der Waals surface area contributed by atoms with Crippen molar-refractivity contribution in [2.24, 2.45) is 5.41 Å². The summed E-state index contributed by atoms with van der Waals surface area (Å²) in [4.78, 5) is 28.3. The van der Waals surface area contributed by atoms with E-state index in [0.717, 1.165) is 58.3 Å². The molecule has 2 amide bonds. The molecule has 1 atom stereocenters. The summed E-state index contributed by atoms with van der Waals surface area (Å²) in [5, 5.41) is 3.00. The van der Waals surface area contributed by atoms with Gasteiger partial charge in [0.25, 0.3) is 0 Å². The second-order valence-corrected chi connectivity index (χ2v) is 7.78. The molecule has 0 unspecified atom stereocenters. The van der Waals surface area contributed by atoms with Gasteiger partial charge in [-0.15, -0.1) is 6.58 Å². The van der Waals surface area contributed by atoms with Gasteiger partial charge >= 0.3 is 0 Å². The second kappa shape index (κ2) is 8.32. The fourth-order valence-electron chi connectivity index (χ4n) is 4.31. The summed E-state index contributed by atoms with van der Waals surface area (Å²) in [6.07, 6.45) is 7.91. The Morgan fingerprint density at radius 2 is 2.16 bits per heavy atom. The van der Waals surface area contributed by atoms with Gasteiger partial charge in [0.1, 0.15) is 0 Å². The van der Waals surface area contributed by atoms with E-state index in [1.165, 1.54) is 0 Å². The summed E-state index contributed by atoms with van der Waals surface area (Å²) in [5.41, 5.74) is 0.238. The number of nitrogens with zero attached hydrogens (tertiary/aromatic N) is 2. The molecule has 6 nitrogen and oxygen atoms in total. The highest BCUT2D eigenvalue weighted by Crippen LogP contribution is 2.40. The first-order chi connectivity index (χ1) is 12.1. The molecule has 25 heavy (non-hydrogen) atoms. The van der Waals surface area contributed by atoms with Crippen molar-refractivity contribution in [1.29, 1.82) is 0 Å². The maximum absolute atomic E-state index is 12.1. The third-order valence-electron chi connectivity index (χ3n) is 5.93. The summed E-state index contributed by atoms with van der Waals surface area (Å²) < 4.78 is 5.54. The molecule has 3 rings (SSSR count). The molecule has 1 spiro atoms. The maximum atomic E-state index is 12.1. The average Bonchev–Trinajstić information content (AvgIpc) is 3.13. The molecule has 3 heterocycles. The van der Waals surface area contributed by atoms with Crippen LogP contribution in [0.3, 0.4) is 0 Å². The van der Waals surface area contributed by atoms with Gasteiger partial charge in [-0.2, -0.15) is 0 Å². The zero-order valence-corrected chi connectivity index (χ0v) is 15.2. The monoisotopic (exact) mass is 349 g/mol. The third kappa shape index (κ3) is 4.82. The number of amides is 2. The van der Waals surface area contributed by atoms with E-state index >= 15 is 0 Å². The Morgan fingerprint density at radius 1 is 1.36 bits per heavy atom. The number of rotatable bonds is 6. The fourth-order valence-corrected chi connectivity index (χ4v) is 4.31. The molecule has 0 aromatic rings. The van der Waals surface area contributed by atoms with Gasteiger partial charge in [0, 0.05) is 32.7 Å². The lowest BCUT2D eigenvalue weighted by Crippen LogP contribution is -2.52. The van der Waals surface area contributed by atoms with Crippen LogP contribution in [0.15, 0.2) is 12.7 Å². The highest BCUT2D eigenvalue weighted by molar-refractivity contribution is 5.78. The lowest BCUT2D eigenvalue weighted by molar-refractivity contribution is -0.138. The molecule has 6 heteroatoms. The van der Waals surface area contributed by atoms with Gasteiger partial charge in [-0.1, -0.05) is 6.08 Å². The molecular weight excluding hydrogens is 318 g/mol. The van der Waals surface area contributed by atoms with Crippen molar-refractivity contribution < 1.29 is 14.3 Å². The molecule has 3 saturated heterocycles. The molecule has 3 aliphatic heterocycles. The predicted octanol–water partition coefficient (Wildman–Crippen LogP) is 1.17. The Hall–Kier alpha value is -1.40. The summed E-state index contributed by atoms with van der Waals surface area (Å²) in [7, 11) is 0. The van der Waals surface area contributed by atoms with Crippen LogP contribution in [0.2, 0.25) is 0 Å². The number of hydrogen-bond acceptors (Lipinski definition) is 4. The maximum Gasteiger partial charge on any atom is 0.234 e. The van der Waals surface area contributed by atoms with Crippen LogP contribution < -0.4 is 5.32 Å². The van der Waals surface area contributed by atoms with Crippen LogP contribution >= 0.6 is 0 Å². The van der Waals surface area contributed by atoms with Crippen molar-refractivity contribution in [3.63, 3.8) is 0 Å². The first kappa shape index (κ1) is 18.4. The molecule has 140 valence electrons. The molecule has 3 fully saturated rings. The lowest BCUT2D eigenvalue weighted by atomic mass is 9.72. The highest BCUT2D eigenvalue weighted by atomic mass is 16.5. The van der Waals surface area contributed by atoms with E-state index in [1.54, 1.807) is 0 Å². The lowest BCUT2D eigenvalue weighted by Gasteiger charge is -2.47. The van der Waals surface area contributed by atoms with Gasteiger partial charge in [-0.3, -0.25) is 14.5 Å². The van der Waals surface area contributed by atoms with Crippen LogP contribution in [0.4, 0.5) is 0 Å². The minimum atomic E-state index is 0.0959. The molecule has 0 bridgehead atoms. The van der Waals surface area contributed by atoms with Crippen molar-refractivity contribution in [2.45, 2.75) is 44.6 Å². The Morgan fingerprint density at radius 3 is 2.84 bits per heavy atom. The molecule has 3 aliphatic rings. The van der Waals surface area contributed by atoms with E-state index in [-0.39, 0.29) is 23.3 Å². The van der Waals surface area contributed by atoms with Gasteiger partial charge in [0.15, 0.2) is 0 Å². The van der Waals surface area contributed by atoms with Crippen molar-refractivity contribution in [3.8, 4) is 0 Å². The van der Waals surface area contributed by atoms with Crippen molar-refractivity contribution in [3.05, 3.63) is 12.7 Å². The topological polar surface area (TPSA) is 61.9 Å². The number of carbonyl (C=O) groups excluding carboxylic acids is 2. The second-order valence-electron chi connectivity index (χ2n) is 7.78. The zero-order chi connectivity index (χ0) is 17.7. The minimum Gasteiger partial charge on any atom is -0.376 e. The quantitative estimate of drug-likeness (QED) is 0.732. The summed E-state index contributed by atoms with van der Waals surface area (Å²) in [6.45, 7) is 9.04. The molecule has 0 aromatic heterocycles. The number of nitrogens with one attached hydrogen (secondary N) is 1. The smallest absolute Gasteiger partial charge is 0.234 e. The van der Waals surface area contributed by atoms with E-state index in [2.05, 4.69) is 16.8 Å². The van der Waals surface area contributed by atoms with Crippen LogP contribution in [0.5, 0.6) is 0 Å². The van der Waals surface area contributed by atoms with Crippen molar-refractivity contribution >= 4 is 11.8 Å². The first-order valence-electron chi connectivity index (χ1n) is 9.60. The highest BCUT2D eigenvalue weighted by Gasteiger charge is 2.40. The minimum absolute atomic E-state index is 0.0959. The third-order valence-corrected chi connectivity index (χ3v) is 5.93. The average molecular weight is 349 g/mol. The Labute approximate surface area is 150 Å². The van der Waals surface area contributed by atoms with Gasteiger partial charge < -0.3 is 15.0 Å². The van der Waals surface area contributed by atoms with Gasteiger partial charge in [0.2, 0.25) is 11.8 Å². The summed E-state index contributed by atoms with van der Waals surface area (Å²) in [6, 6.07) is 0. The van der Waals surface area contributed by atoms with Gasteiger partial charge in [0.05, 0.1) is 12.6 Å².